The van der Waals surface area contributed by atoms with Crippen molar-refractivity contribution in [2.45, 2.75) is 5.92 Å². The van der Waals surface area contributed by atoms with Gasteiger partial charge in [0.2, 0.25) is 0 Å². The van der Waals surface area contributed by atoms with Gasteiger partial charge in [-0.2, -0.15) is 5.26 Å². The Morgan fingerprint density at radius 3 is 2.77 bits per heavy atom. The van der Waals surface area contributed by atoms with Gasteiger partial charge in [0.15, 0.2) is 5.78 Å². The fraction of sp³-hybridized carbons (Fsp3) is 0.0952. The van der Waals surface area contributed by atoms with E-state index in [0.717, 1.165) is 22.2 Å². The van der Waals surface area contributed by atoms with E-state index in [-0.39, 0.29) is 18.2 Å². The van der Waals surface area contributed by atoms with Gasteiger partial charge in [-0.25, -0.2) is 0 Å². The molecule has 0 amide bonds. The molecule has 3 aromatic rings. The number of hydrogen-bond donors (Lipinski definition) is 0. The van der Waals surface area contributed by atoms with Gasteiger partial charge in [0.05, 0.1) is 24.0 Å². The molecule has 2 aromatic carbocycles. The molecule has 0 spiro atoms. The fourth-order valence-corrected chi connectivity index (χ4v) is 3.33. The van der Waals surface area contributed by atoms with Gasteiger partial charge < -0.3 is 4.90 Å². The number of Topliss-reactive ketones (excluding diaryl/α,β-unsaturated/α-hetero) is 1. The van der Waals surface area contributed by atoms with Crippen LogP contribution < -0.4 is 4.90 Å². The molecule has 1 aliphatic rings. The Kier molecular flexibility index (Phi) is 4.16. The monoisotopic (exact) mass is 359 g/mol. The molecule has 5 heteroatoms. The molecular weight excluding hydrogens is 346 g/mol. The summed E-state index contributed by atoms with van der Waals surface area (Å²) in [7, 11) is 0. The van der Waals surface area contributed by atoms with Crippen molar-refractivity contribution in [3.8, 4) is 6.07 Å². The molecular formula is C21H14ClN3O. The number of halogens is 1. The lowest BCUT2D eigenvalue weighted by Gasteiger charge is -2.28. The lowest BCUT2D eigenvalue weighted by Crippen LogP contribution is -2.28. The third-order valence-electron chi connectivity index (χ3n) is 4.49. The summed E-state index contributed by atoms with van der Waals surface area (Å²) in [4.78, 5) is 19.0. The van der Waals surface area contributed by atoms with Crippen LogP contribution in [0.4, 0.5) is 5.69 Å². The van der Waals surface area contributed by atoms with Gasteiger partial charge in [-0.05, 0) is 42.5 Å². The van der Waals surface area contributed by atoms with Crippen molar-refractivity contribution in [3.05, 3.63) is 83.2 Å². The first kappa shape index (κ1) is 16.3. The van der Waals surface area contributed by atoms with Gasteiger partial charge in [-0.15, -0.1) is 0 Å². The van der Waals surface area contributed by atoms with Crippen LogP contribution in [-0.2, 0) is 0 Å². The predicted molar refractivity (Wildman–Crippen MR) is 102 cm³/mol. The first-order valence-corrected chi connectivity index (χ1v) is 8.56. The quantitative estimate of drug-likeness (QED) is 0.635. The molecule has 4 rings (SSSR count). The van der Waals surface area contributed by atoms with Crippen molar-refractivity contribution in [3.63, 3.8) is 0 Å². The average molecular weight is 360 g/mol. The lowest BCUT2D eigenvalue weighted by molar-refractivity contribution is 0.100. The normalized spacial score (nSPS) is 15.5. The Hall–Kier alpha value is -3.16. The van der Waals surface area contributed by atoms with Crippen LogP contribution in [0.1, 0.15) is 21.8 Å². The topological polar surface area (TPSA) is 57.0 Å². The van der Waals surface area contributed by atoms with Crippen LogP contribution in [0, 0.1) is 11.3 Å². The molecule has 126 valence electrons. The Balaban J connectivity index is 1.74. The van der Waals surface area contributed by atoms with Crippen molar-refractivity contribution in [2.75, 3.05) is 11.4 Å². The lowest BCUT2D eigenvalue weighted by atomic mass is 9.92. The third-order valence-corrected chi connectivity index (χ3v) is 4.74. The summed E-state index contributed by atoms with van der Waals surface area (Å²) in [5.74, 6) is -0.403. The van der Waals surface area contributed by atoms with Crippen LogP contribution in [0.2, 0.25) is 5.02 Å². The minimum absolute atomic E-state index is 0.0196. The molecule has 0 N–H and O–H groups in total. The number of pyridine rings is 1. The molecule has 1 unspecified atom stereocenters. The van der Waals surface area contributed by atoms with Gasteiger partial charge in [0, 0.05) is 39.6 Å². The van der Waals surface area contributed by atoms with E-state index in [1.54, 1.807) is 36.7 Å². The highest BCUT2D eigenvalue weighted by molar-refractivity contribution is 6.30. The van der Waals surface area contributed by atoms with E-state index in [4.69, 9.17) is 11.6 Å². The number of aromatic nitrogens is 1. The van der Waals surface area contributed by atoms with Crippen LogP contribution in [0.5, 0.6) is 0 Å². The zero-order chi connectivity index (χ0) is 18.1. The molecule has 26 heavy (non-hydrogen) atoms. The highest BCUT2D eigenvalue weighted by Gasteiger charge is 2.25. The van der Waals surface area contributed by atoms with Crippen LogP contribution in [0.3, 0.4) is 0 Å². The molecule has 1 aliphatic heterocycles. The number of anilines is 1. The first-order chi connectivity index (χ1) is 12.7. The highest BCUT2D eigenvalue weighted by Crippen LogP contribution is 2.37. The molecule has 4 nitrogen and oxygen atoms in total. The van der Waals surface area contributed by atoms with Gasteiger partial charge in [-0.3, -0.25) is 9.78 Å². The number of hydrogen-bond acceptors (Lipinski definition) is 4. The van der Waals surface area contributed by atoms with E-state index in [9.17, 15) is 10.1 Å². The van der Waals surface area contributed by atoms with Gasteiger partial charge >= 0.3 is 0 Å². The Bertz CT molecular complexity index is 1070. The second-order valence-corrected chi connectivity index (χ2v) is 6.52. The van der Waals surface area contributed by atoms with Crippen molar-refractivity contribution in [2.24, 2.45) is 0 Å². The Morgan fingerprint density at radius 2 is 2.00 bits per heavy atom. The summed E-state index contributed by atoms with van der Waals surface area (Å²) < 4.78 is 0. The SMILES string of the molecule is N#CC1C=CN(CC(=O)c2ccc(Cl)cc2)c2ccc3cccnc3c21. The number of nitrogens with zero attached hydrogens (tertiary/aromatic N) is 3. The van der Waals surface area contributed by atoms with Gasteiger partial charge in [-0.1, -0.05) is 23.7 Å². The zero-order valence-electron chi connectivity index (χ0n) is 13.8. The smallest absolute Gasteiger partial charge is 0.182 e. The zero-order valence-corrected chi connectivity index (χ0v) is 14.5. The molecule has 1 aromatic heterocycles. The summed E-state index contributed by atoms with van der Waals surface area (Å²) in [6, 6.07) is 16.9. The molecule has 0 radical (unpaired) electrons. The molecule has 1 atom stereocenters. The second-order valence-electron chi connectivity index (χ2n) is 6.08. The van der Waals surface area contributed by atoms with Crippen LogP contribution in [-0.4, -0.2) is 17.3 Å². The van der Waals surface area contributed by atoms with Gasteiger partial charge in [0.25, 0.3) is 0 Å². The van der Waals surface area contributed by atoms with E-state index in [2.05, 4.69) is 11.1 Å². The van der Waals surface area contributed by atoms with E-state index < -0.39 is 0 Å². The van der Waals surface area contributed by atoms with E-state index in [0.29, 0.717) is 10.6 Å². The maximum absolute atomic E-state index is 12.6. The number of carbonyl (C=O) groups is 1. The van der Waals surface area contributed by atoms with E-state index >= 15 is 0 Å². The average Bonchev–Trinajstić information content (AvgIpc) is 2.68. The number of carbonyl (C=O) groups excluding carboxylic acids is 1. The van der Waals surface area contributed by atoms with Gasteiger partial charge in [0.1, 0.15) is 0 Å². The third kappa shape index (κ3) is 2.83. The number of rotatable bonds is 3. The molecule has 0 saturated carbocycles. The second kappa shape index (κ2) is 6.62. The molecule has 0 aliphatic carbocycles. The van der Waals surface area contributed by atoms with Crippen molar-refractivity contribution >= 4 is 34.0 Å². The van der Waals surface area contributed by atoms with Crippen molar-refractivity contribution in [1.82, 2.24) is 4.98 Å². The molecule has 0 saturated heterocycles. The predicted octanol–water partition coefficient (Wildman–Crippen LogP) is 4.71. The summed E-state index contributed by atoms with van der Waals surface area (Å²) >= 11 is 5.89. The molecule has 0 bridgehead atoms. The summed E-state index contributed by atoms with van der Waals surface area (Å²) in [6.45, 7) is 0.182. The molecule has 2 heterocycles. The van der Waals surface area contributed by atoms with Crippen LogP contribution in [0.15, 0.2) is 67.0 Å². The minimum Gasteiger partial charge on any atom is -0.340 e. The number of nitriles is 1. The first-order valence-electron chi connectivity index (χ1n) is 8.18. The summed E-state index contributed by atoms with van der Waals surface area (Å²) in [5, 5.41) is 11.1. The summed E-state index contributed by atoms with van der Waals surface area (Å²) in [6.07, 6.45) is 5.34. The van der Waals surface area contributed by atoms with Crippen molar-refractivity contribution < 1.29 is 4.79 Å². The number of ketones is 1. The van der Waals surface area contributed by atoms with E-state index in [1.807, 2.05) is 35.2 Å². The molecule has 0 fully saturated rings. The summed E-state index contributed by atoms with van der Waals surface area (Å²) in [5.41, 5.74) is 3.08. The Morgan fingerprint density at radius 1 is 1.19 bits per heavy atom. The number of fused-ring (bicyclic) bond motifs is 3. The fourth-order valence-electron chi connectivity index (χ4n) is 3.21. The standard InChI is InChI=1S/C21H14ClN3O/c22-17-6-3-14(4-7-17)19(26)13-25-11-9-16(12-23)20-18(25)8-5-15-2-1-10-24-21(15)20/h1-11,16H,13H2. The highest BCUT2D eigenvalue weighted by atomic mass is 35.5. The number of allylic oxidation sites excluding steroid dienone is 1. The van der Waals surface area contributed by atoms with Crippen LogP contribution in [0.25, 0.3) is 10.9 Å². The largest absolute Gasteiger partial charge is 0.340 e. The van der Waals surface area contributed by atoms with E-state index in [1.165, 1.54) is 0 Å². The van der Waals surface area contributed by atoms with Crippen LogP contribution >= 0.6 is 11.6 Å². The number of benzene rings is 2. The van der Waals surface area contributed by atoms with Crippen molar-refractivity contribution in [1.29, 1.82) is 5.26 Å². The maximum Gasteiger partial charge on any atom is 0.182 e. The Labute approximate surface area is 156 Å². The minimum atomic E-state index is -0.384. The maximum atomic E-state index is 12.6.